The molecule has 1 aromatic rings. The first-order valence-electron chi connectivity index (χ1n) is 7.85. The number of nitrogens with zero attached hydrogens (tertiary/aromatic N) is 3. The molecule has 0 radical (unpaired) electrons. The lowest BCUT2D eigenvalue weighted by Crippen LogP contribution is -2.48. The summed E-state index contributed by atoms with van der Waals surface area (Å²) in [4.78, 5) is 11.0. The molecule has 2 fully saturated rings. The van der Waals surface area contributed by atoms with Gasteiger partial charge >= 0.3 is 0 Å². The standard InChI is InChI=1S/C15H25N5/c16-11-12-3-1-4-14(12)19-13-5-9-20(10-6-13)15-17-7-2-8-18-15/h2,7-8,12-14,19H,1,3-6,9-11,16H2. The molecule has 2 heterocycles. The molecule has 0 aromatic carbocycles. The molecule has 0 amide bonds. The molecule has 1 aliphatic heterocycles. The maximum absolute atomic E-state index is 5.86. The molecule has 1 aromatic heterocycles. The number of anilines is 1. The van der Waals surface area contributed by atoms with E-state index in [0.29, 0.717) is 18.0 Å². The number of rotatable bonds is 4. The number of nitrogens with two attached hydrogens (primary N) is 1. The third-order valence-corrected chi connectivity index (χ3v) is 4.74. The Morgan fingerprint density at radius 2 is 1.90 bits per heavy atom. The van der Waals surface area contributed by atoms with Crippen LogP contribution in [0.15, 0.2) is 18.5 Å². The van der Waals surface area contributed by atoms with Crippen molar-refractivity contribution in [2.24, 2.45) is 11.7 Å². The summed E-state index contributed by atoms with van der Waals surface area (Å²) in [6.07, 6.45) is 9.90. The van der Waals surface area contributed by atoms with Crippen LogP contribution in [0.1, 0.15) is 32.1 Å². The Morgan fingerprint density at radius 1 is 1.15 bits per heavy atom. The Morgan fingerprint density at radius 3 is 2.60 bits per heavy atom. The summed E-state index contributed by atoms with van der Waals surface area (Å²) in [5, 5.41) is 3.84. The van der Waals surface area contributed by atoms with E-state index in [4.69, 9.17) is 5.73 Å². The van der Waals surface area contributed by atoms with Gasteiger partial charge in [-0.05, 0) is 44.2 Å². The summed E-state index contributed by atoms with van der Waals surface area (Å²) in [7, 11) is 0. The fourth-order valence-corrected chi connectivity index (χ4v) is 3.54. The normalized spacial score (nSPS) is 27.9. The van der Waals surface area contributed by atoms with E-state index >= 15 is 0 Å². The van der Waals surface area contributed by atoms with Gasteiger partial charge in [0.05, 0.1) is 0 Å². The van der Waals surface area contributed by atoms with Crippen molar-refractivity contribution in [2.45, 2.75) is 44.2 Å². The zero-order chi connectivity index (χ0) is 13.8. The zero-order valence-electron chi connectivity index (χ0n) is 12.0. The van der Waals surface area contributed by atoms with E-state index in [1.165, 1.54) is 32.1 Å². The molecular formula is C15H25N5. The van der Waals surface area contributed by atoms with Crippen LogP contribution in [0.2, 0.25) is 0 Å². The molecular weight excluding hydrogens is 250 g/mol. The quantitative estimate of drug-likeness (QED) is 0.863. The minimum atomic E-state index is 0.632. The summed E-state index contributed by atoms with van der Waals surface area (Å²) in [5.41, 5.74) is 5.86. The highest BCUT2D eigenvalue weighted by Gasteiger charge is 2.29. The van der Waals surface area contributed by atoms with E-state index < -0.39 is 0 Å². The Bertz CT molecular complexity index is 402. The van der Waals surface area contributed by atoms with Crippen molar-refractivity contribution in [3.05, 3.63) is 18.5 Å². The van der Waals surface area contributed by atoms with Gasteiger partial charge in [0, 0.05) is 37.6 Å². The maximum atomic E-state index is 5.86. The number of nitrogens with one attached hydrogen (secondary N) is 1. The lowest BCUT2D eigenvalue weighted by Gasteiger charge is -2.35. The van der Waals surface area contributed by atoms with Crippen molar-refractivity contribution < 1.29 is 0 Å². The summed E-state index contributed by atoms with van der Waals surface area (Å²) in [5.74, 6) is 1.55. The highest BCUT2D eigenvalue weighted by atomic mass is 15.3. The third kappa shape index (κ3) is 3.10. The smallest absolute Gasteiger partial charge is 0.225 e. The second-order valence-corrected chi connectivity index (χ2v) is 6.01. The van der Waals surface area contributed by atoms with Gasteiger partial charge < -0.3 is 16.0 Å². The van der Waals surface area contributed by atoms with Crippen molar-refractivity contribution >= 4 is 5.95 Å². The molecule has 2 atom stereocenters. The van der Waals surface area contributed by atoms with Crippen LogP contribution in [-0.2, 0) is 0 Å². The minimum Gasteiger partial charge on any atom is -0.341 e. The maximum Gasteiger partial charge on any atom is 0.225 e. The molecule has 20 heavy (non-hydrogen) atoms. The van der Waals surface area contributed by atoms with Gasteiger partial charge in [0.15, 0.2) is 0 Å². The van der Waals surface area contributed by atoms with Crippen molar-refractivity contribution in [2.75, 3.05) is 24.5 Å². The monoisotopic (exact) mass is 275 g/mol. The van der Waals surface area contributed by atoms with E-state index in [-0.39, 0.29) is 0 Å². The molecule has 1 aliphatic carbocycles. The first kappa shape index (κ1) is 13.8. The van der Waals surface area contributed by atoms with Crippen LogP contribution < -0.4 is 16.0 Å². The van der Waals surface area contributed by atoms with E-state index in [2.05, 4.69) is 20.2 Å². The number of piperidine rings is 1. The van der Waals surface area contributed by atoms with Crippen LogP contribution >= 0.6 is 0 Å². The third-order valence-electron chi connectivity index (χ3n) is 4.74. The molecule has 1 saturated carbocycles. The molecule has 1 saturated heterocycles. The first-order chi connectivity index (χ1) is 9.86. The topological polar surface area (TPSA) is 67.1 Å². The van der Waals surface area contributed by atoms with Crippen molar-refractivity contribution in [3.63, 3.8) is 0 Å². The number of aromatic nitrogens is 2. The fraction of sp³-hybridized carbons (Fsp3) is 0.733. The van der Waals surface area contributed by atoms with Crippen LogP contribution in [0.25, 0.3) is 0 Å². The molecule has 0 bridgehead atoms. The highest BCUT2D eigenvalue weighted by molar-refractivity contribution is 5.29. The lowest BCUT2D eigenvalue weighted by atomic mass is 9.99. The van der Waals surface area contributed by atoms with E-state index in [9.17, 15) is 0 Å². The average Bonchev–Trinajstić information content (AvgIpc) is 2.96. The largest absolute Gasteiger partial charge is 0.341 e. The van der Waals surface area contributed by atoms with Crippen LogP contribution in [-0.4, -0.2) is 41.7 Å². The van der Waals surface area contributed by atoms with Gasteiger partial charge in [-0.3, -0.25) is 0 Å². The van der Waals surface area contributed by atoms with Gasteiger partial charge in [0.2, 0.25) is 5.95 Å². The van der Waals surface area contributed by atoms with Gasteiger partial charge in [-0.25, -0.2) is 9.97 Å². The Hall–Kier alpha value is -1.20. The van der Waals surface area contributed by atoms with E-state index in [0.717, 1.165) is 25.6 Å². The molecule has 0 spiro atoms. The molecule has 2 aliphatic rings. The first-order valence-corrected chi connectivity index (χ1v) is 7.85. The summed E-state index contributed by atoms with van der Waals surface area (Å²) in [6, 6.07) is 3.14. The molecule has 3 N–H and O–H groups in total. The Kier molecular flexibility index (Phi) is 4.47. The molecule has 110 valence electrons. The number of hydrogen-bond acceptors (Lipinski definition) is 5. The Balaban J connectivity index is 1.49. The van der Waals surface area contributed by atoms with Crippen molar-refractivity contribution in [3.8, 4) is 0 Å². The summed E-state index contributed by atoms with van der Waals surface area (Å²) < 4.78 is 0. The SMILES string of the molecule is NCC1CCCC1NC1CCN(c2ncccn2)CC1. The average molecular weight is 275 g/mol. The lowest BCUT2D eigenvalue weighted by molar-refractivity contribution is 0.322. The van der Waals surface area contributed by atoms with Gasteiger partial charge in [0.25, 0.3) is 0 Å². The highest BCUT2D eigenvalue weighted by Crippen LogP contribution is 2.26. The Labute approximate surface area is 121 Å². The van der Waals surface area contributed by atoms with E-state index in [1.807, 2.05) is 18.5 Å². The van der Waals surface area contributed by atoms with Gasteiger partial charge in [-0.15, -0.1) is 0 Å². The predicted octanol–water partition coefficient (Wildman–Crippen LogP) is 1.16. The van der Waals surface area contributed by atoms with Gasteiger partial charge in [0.1, 0.15) is 0 Å². The van der Waals surface area contributed by atoms with Crippen LogP contribution in [0.5, 0.6) is 0 Å². The van der Waals surface area contributed by atoms with Crippen LogP contribution in [0.3, 0.4) is 0 Å². The molecule has 2 unspecified atom stereocenters. The molecule has 5 nitrogen and oxygen atoms in total. The second kappa shape index (κ2) is 6.50. The fourth-order valence-electron chi connectivity index (χ4n) is 3.54. The van der Waals surface area contributed by atoms with Crippen molar-refractivity contribution in [1.82, 2.24) is 15.3 Å². The molecule has 3 rings (SSSR count). The summed E-state index contributed by atoms with van der Waals surface area (Å²) in [6.45, 7) is 2.91. The number of hydrogen-bond donors (Lipinski definition) is 2. The van der Waals surface area contributed by atoms with Crippen LogP contribution in [0.4, 0.5) is 5.95 Å². The predicted molar refractivity (Wildman–Crippen MR) is 80.6 cm³/mol. The van der Waals surface area contributed by atoms with Crippen LogP contribution in [0, 0.1) is 5.92 Å². The van der Waals surface area contributed by atoms with Gasteiger partial charge in [-0.1, -0.05) is 6.42 Å². The van der Waals surface area contributed by atoms with Gasteiger partial charge in [-0.2, -0.15) is 0 Å². The van der Waals surface area contributed by atoms with E-state index in [1.54, 1.807) is 0 Å². The minimum absolute atomic E-state index is 0.632. The molecule has 5 heteroatoms. The van der Waals surface area contributed by atoms with Crippen molar-refractivity contribution in [1.29, 1.82) is 0 Å². The zero-order valence-corrected chi connectivity index (χ0v) is 12.0. The second-order valence-electron chi connectivity index (χ2n) is 6.01. The summed E-state index contributed by atoms with van der Waals surface area (Å²) >= 11 is 0.